The van der Waals surface area contributed by atoms with Gasteiger partial charge in [-0.05, 0) is 35.9 Å². The van der Waals surface area contributed by atoms with Crippen molar-refractivity contribution in [1.82, 2.24) is 0 Å². The van der Waals surface area contributed by atoms with Crippen LogP contribution in [0.1, 0.15) is 10.8 Å². The number of ether oxygens (including phenoxy) is 2. The van der Waals surface area contributed by atoms with Crippen molar-refractivity contribution in [1.29, 1.82) is 0 Å². The lowest BCUT2D eigenvalue weighted by Crippen LogP contribution is -2.30. The summed E-state index contributed by atoms with van der Waals surface area (Å²) in [5, 5.41) is 12.7. The van der Waals surface area contributed by atoms with Crippen LogP contribution in [0.2, 0.25) is 0 Å². The fourth-order valence-electron chi connectivity index (χ4n) is 2.42. The highest BCUT2D eigenvalue weighted by Crippen LogP contribution is 2.45. The lowest BCUT2D eigenvalue weighted by atomic mass is 10.1. The number of anilines is 1. The summed E-state index contributed by atoms with van der Waals surface area (Å²) in [5.74, 6) is 1.02. The first-order chi connectivity index (χ1) is 11.1. The van der Waals surface area contributed by atoms with Gasteiger partial charge in [0.05, 0.1) is 25.2 Å². The topological polar surface area (TPSA) is 67.8 Å². The van der Waals surface area contributed by atoms with Crippen LogP contribution < -0.4 is 14.8 Å². The number of aliphatic hydroxyl groups excluding tert-OH is 1. The fraction of sp³-hybridized carbons (Fsp3) is 0.235. The number of hydrogen-bond acceptors (Lipinski definition) is 5. The Hall–Kier alpha value is -2.18. The van der Waals surface area contributed by atoms with Crippen LogP contribution >= 0.6 is 11.8 Å². The summed E-state index contributed by atoms with van der Waals surface area (Å²) in [4.78, 5) is 13.1. The van der Waals surface area contributed by atoms with Crippen LogP contribution in [0.4, 0.5) is 5.69 Å². The summed E-state index contributed by atoms with van der Waals surface area (Å²) in [7, 11) is 3.19. The summed E-state index contributed by atoms with van der Waals surface area (Å²) < 4.78 is 10.4. The molecular weight excluding hydrogens is 314 g/mol. The van der Waals surface area contributed by atoms with E-state index in [1.165, 1.54) is 11.8 Å². The zero-order valence-electron chi connectivity index (χ0n) is 12.8. The van der Waals surface area contributed by atoms with Gasteiger partial charge in [-0.15, -0.1) is 11.8 Å². The third kappa shape index (κ3) is 3.13. The second-order valence-electron chi connectivity index (χ2n) is 5.11. The van der Waals surface area contributed by atoms with Gasteiger partial charge in [0.1, 0.15) is 17.6 Å². The first kappa shape index (κ1) is 15.7. The molecule has 1 aliphatic heterocycles. The van der Waals surface area contributed by atoms with Crippen molar-refractivity contribution in [3.8, 4) is 11.5 Å². The van der Waals surface area contributed by atoms with E-state index in [1.807, 2.05) is 30.3 Å². The molecule has 0 fully saturated rings. The Balaban J connectivity index is 1.99. The molecule has 0 spiro atoms. The molecule has 2 N–H and O–H groups in total. The first-order valence-electron chi connectivity index (χ1n) is 7.10. The Morgan fingerprint density at radius 2 is 1.70 bits per heavy atom. The van der Waals surface area contributed by atoms with Crippen LogP contribution in [-0.4, -0.2) is 31.3 Å². The van der Waals surface area contributed by atoms with Crippen LogP contribution in [0.5, 0.6) is 11.5 Å². The summed E-state index contributed by atoms with van der Waals surface area (Å²) in [5.41, 5.74) is 1.53. The van der Waals surface area contributed by atoms with E-state index in [0.717, 1.165) is 16.2 Å². The highest BCUT2D eigenvalue weighted by atomic mass is 32.2. The normalized spacial score (nSPS) is 20.2. The van der Waals surface area contributed by atoms with Gasteiger partial charge in [-0.25, -0.2) is 0 Å². The van der Waals surface area contributed by atoms with E-state index in [0.29, 0.717) is 11.4 Å². The van der Waals surface area contributed by atoms with E-state index in [1.54, 1.807) is 26.4 Å². The maximum absolute atomic E-state index is 12.2. The summed E-state index contributed by atoms with van der Waals surface area (Å²) in [6.07, 6.45) is -1.15. The molecule has 0 bridgehead atoms. The molecule has 2 atom stereocenters. The lowest BCUT2D eigenvalue weighted by Gasteiger charge is -2.19. The van der Waals surface area contributed by atoms with Gasteiger partial charge < -0.3 is 19.9 Å². The van der Waals surface area contributed by atoms with Crippen molar-refractivity contribution in [3.05, 3.63) is 48.0 Å². The Labute approximate surface area is 138 Å². The van der Waals surface area contributed by atoms with Gasteiger partial charge in [-0.1, -0.05) is 12.1 Å². The van der Waals surface area contributed by atoms with Crippen LogP contribution in [-0.2, 0) is 4.79 Å². The highest BCUT2D eigenvalue weighted by molar-refractivity contribution is 7.99. The molecule has 2 aromatic rings. The molecule has 2 aromatic carbocycles. The zero-order chi connectivity index (χ0) is 16.4. The van der Waals surface area contributed by atoms with E-state index in [-0.39, 0.29) is 0 Å². The molecule has 0 saturated carbocycles. The van der Waals surface area contributed by atoms with Crippen molar-refractivity contribution >= 4 is 23.4 Å². The average molecular weight is 331 g/mol. The zero-order valence-corrected chi connectivity index (χ0v) is 13.6. The summed E-state index contributed by atoms with van der Waals surface area (Å²) in [6, 6.07) is 12.8. The van der Waals surface area contributed by atoms with E-state index >= 15 is 0 Å². The number of carbonyl (C=O) groups is 1. The molecule has 1 amide bonds. The van der Waals surface area contributed by atoms with E-state index in [9.17, 15) is 9.90 Å². The van der Waals surface area contributed by atoms with Crippen molar-refractivity contribution in [2.24, 2.45) is 0 Å². The van der Waals surface area contributed by atoms with Gasteiger partial charge >= 0.3 is 0 Å². The first-order valence-corrected chi connectivity index (χ1v) is 7.98. The van der Waals surface area contributed by atoms with Crippen molar-refractivity contribution in [2.75, 3.05) is 19.5 Å². The monoisotopic (exact) mass is 331 g/mol. The largest absolute Gasteiger partial charge is 0.497 e. The van der Waals surface area contributed by atoms with Crippen LogP contribution in [0.25, 0.3) is 0 Å². The van der Waals surface area contributed by atoms with Gasteiger partial charge in [-0.2, -0.15) is 0 Å². The number of rotatable bonds is 3. The van der Waals surface area contributed by atoms with Gasteiger partial charge in [0, 0.05) is 4.90 Å². The molecule has 3 rings (SSSR count). The molecule has 23 heavy (non-hydrogen) atoms. The third-order valence-electron chi connectivity index (χ3n) is 3.70. The van der Waals surface area contributed by atoms with Crippen LogP contribution in [0, 0.1) is 0 Å². The Bertz CT molecular complexity index is 717. The van der Waals surface area contributed by atoms with E-state index in [2.05, 4.69) is 5.32 Å². The number of methoxy groups -OCH3 is 2. The highest BCUT2D eigenvalue weighted by Gasteiger charge is 2.33. The number of thioether (sulfide) groups is 1. The van der Waals surface area contributed by atoms with E-state index < -0.39 is 17.3 Å². The molecule has 0 radical (unpaired) electrons. The number of carbonyl (C=O) groups excluding carboxylic acids is 1. The number of nitrogens with one attached hydrogen (secondary N) is 1. The van der Waals surface area contributed by atoms with Crippen molar-refractivity contribution in [2.45, 2.75) is 16.2 Å². The molecule has 1 heterocycles. The summed E-state index contributed by atoms with van der Waals surface area (Å²) in [6.45, 7) is 0. The SMILES string of the molecule is COc1ccc(C2Sc3cc(OC)ccc3NC(=O)C2O)cc1. The van der Waals surface area contributed by atoms with Gasteiger partial charge in [0.2, 0.25) is 0 Å². The second kappa shape index (κ2) is 6.52. The fourth-order valence-corrected chi connectivity index (χ4v) is 3.67. The Morgan fingerprint density at radius 1 is 1.04 bits per heavy atom. The molecule has 120 valence electrons. The Morgan fingerprint density at radius 3 is 2.35 bits per heavy atom. The average Bonchev–Trinajstić information content (AvgIpc) is 2.71. The molecular formula is C17H17NO4S. The molecule has 2 unspecified atom stereocenters. The molecule has 0 saturated heterocycles. The molecule has 6 heteroatoms. The minimum Gasteiger partial charge on any atom is -0.497 e. The van der Waals surface area contributed by atoms with Gasteiger partial charge in [0.15, 0.2) is 0 Å². The number of benzene rings is 2. The van der Waals surface area contributed by atoms with E-state index in [4.69, 9.17) is 9.47 Å². The standard InChI is InChI=1S/C17H17NO4S/c1-21-11-5-3-10(4-6-11)16-15(19)17(20)18-13-8-7-12(22-2)9-14(13)23-16/h3-9,15-16,19H,1-2H3,(H,18,20). The number of amides is 1. The van der Waals surface area contributed by atoms with Gasteiger partial charge in [-0.3, -0.25) is 4.79 Å². The van der Waals surface area contributed by atoms with Crippen LogP contribution in [0.15, 0.2) is 47.4 Å². The number of fused-ring (bicyclic) bond motifs is 1. The molecule has 0 aliphatic carbocycles. The number of hydrogen-bond donors (Lipinski definition) is 2. The molecule has 0 aromatic heterocycles. The maximum atomic E-state index is 12.2. The molecule has 5 nitrogen and oxygen atoms in total. The minimum atomic E-state index is -1.15. The third-order valence-corrected chi connectivity index (χ3v) is 5.08. The quantitative estimate of drug-likeness (QED) is 0.905. The minimum absolute atomic E-state index is 0.408. The predicted octanol–water partition coefficient (Wildman–Crippen LogP) is 2.85. The smallest absolute Gasteiger partial charge is 0.254 e. The maximum Gasteiger partial charge on any atom is 0.254 e. The molecule has 1 aliphatic rings. The van der Waals surface area contributed by atoms with Crippen LogP contribution in [0.3, 0.4) is 0 Å². The van der Waals surface area contributed by atoms with Crippen molar-refractivity contribution in [3.63, 3.8) is 0 Å². The number of aliphatic hydroxyl groups is 1. The second-order valence-corrected chi connectivity index (χ2v) is 6.29. The van der Waals surface area contributed by atoms with Crippen molar-refractivity contribution < 1.29 is 19.4 Å². The summed E-state index contributed by atoms with van der Waals surface area (Å²) >= 11 is 1.43. The predicted molar refractivity (Wildman–Crippen MR) is 89.2 cm³/mol. The lowest BCUT2D eigenvalue weighted by molar-refractivity contribution is -0.124. The van der Waals surface area contributed by atoms with Gasteiger partial charge in [0.25, 0.3) is 5.91 Å². The Kier molecular flexibility index (Phi) is 4.45.